The summed E-state index contributed by atoms with van der Waals surface area (Å²) in [6, 6.07) is 6.73. The molecular weight excluding hydrogens is 208 g/mol. The van der Waals surface area contributed by atoms with Crippen molar-refractivity contribution in [3.8, 4) is 5.75 Å². The summed E-state index contributed by atoms with van der Waals surface area (Å²) in [4.78, 5) is 23.2. The summed E-state index contributed by atoms with van der Waals surface area (Å²) in [5.74, 6) is -0.576. The Balaban J connectivity index is 2.57. The van der Waals surface area contributed by atoms with Crippen LogP contribution < -0.4 is 4.74 Å². The van der Waals surface area contributed by atoms with Crippen LogP contribution in [0.4, 0.5) is 0 Å². The van der Waals surface area contributed by atoms with Gasteiger partial charge in [-0.3, -0.25) is 9.59 Å². The van der Waals surface area contributed by atoms with Crippen molar-refractivity contribution in [2.24, 2.45) is 0 Å². The minimum Gasteiger partial charge on any atom is -0.468 e. The van der Waals surface area contributed by atoms with E-state index >= 15 is 0 Å². The van der Waals surface area contributed by atoms with E-state index in [0.29, 0.717) is 11.3 Å². The number of ether oxygens (including phenoxy) is 1. The second kappa shape index (κ2) is 3.42. The summed E-state index contributed by atoms with van der Waals surface area (Å²) in [6.45, 7) is 2.49. The van der Waals surface area contributed by atoms with Crippen LogP contribution in [0.15, 0.2) is 24.3 Å². The molecule has 0 radical (unpaired) electrons. The van der Waals surface area contributed by atoms with Gasteiger partial charge in [0.15, 0.2) is 11.6 Å². The lowest BCUT2D eigenvalue weighted by atomic mass is 9.87. The van der Waals surface area contributed by atoms with E-state index in [1.807, 2.05) is 0 Å². The number of hydrogen-bond acceptors (Lipinski definition) is 4. The topological polar surface area (TPSA) is 63.6 Å². The van der Waals surface area contributed by atoms with Gasteiger partial charge in [-0.05, 0) is 19.9 Å². The molecule has 1 atom stereocenters. The van der Waals surface area contributed by atoms with Crippen molar-refractivity contribution in [3.63, 3.8) is 0 Å². The zero-order chi connectivity index (χ0) is 11.9. The number of para-hydroxylation sites is 1. The van der Waals surface area contributed by atoms with Crippen LogP contribution in [0.5, 0.6) is 5.75 Å². The first-order valence-electron chi connectivity index (χ1n) is 4.98. The summed E-state index contributed by atoms with van der Waals surface area (Å²) in [6.07, 6.45) is -1.22. The van der Waals surface area contributed by atoms with Crippen LogP contribution in [0, 0.1) is 0 Å². The lowest BCUT2D eigenvalue weighted by Gasteiger charge is -2.26. The molecule has 0 aliphatic carbocycles. The molecule has 1 aromatic rings. The van der Waals surface area contributed by atoms with E-state index in [1.165, 1.54) is 13.8 Å². The lowest BCUT2D eigenvalue weighted by molar-refractivity contribution is -0.152. The van der Waals surface area contributed by atoms with Gasteiger partial charge in [0, 0.05) is 5.56 Å². The quantitative estimate of drug-likeness (QED) is 0.756. The Kier molecular flexibility index (Phi) is 2.31. The molecular formula is C12H12O4. The number of aliphatic hydroxyl groups excluding tert-OH is 1. The molecule has 4 heteroatoms. The van der Waals surface area contributed by atoms with Crippen molar-refractivity contribution in [2.75, 3.05) is 0 Å². The maximum atomic E-state index is 11.6. The fraction of sp³-hybridized carbons (Fsp3) is 0.333. The molecule has 4 nitrogen and oxygen atoms in total. The number of rotatable bonds is 2. The van der Waals surface area contributed by atoms with E-state index in [-0.39, 0.29) is 0 Å². The number of carbonyl (C=O) groups is 2. The van der Waals surface area contributed by atoms with E-state index in [2.05, 4.69) is 0 Å². The minimum absolute atomic E-state index is 0.389. The highest BCUT2D eigenvalue weighted by Crippen LogP contribution is 2.44. The van der Waals surface area contributed by atoms with Gasteiger partial charge in [-0.15, -0.1) is 0 Å². The van der Waals surface area contributed by atoms with E-state index in [1.54, 1.807) is 24.3 Å². The molecule has 1 unspecified atom stereocenters. The number of Topliss-reactive ketones (excluding diaryl/α,β-unsaturated/α-hetero) is 2. The molecule has 2 rings (SSSR count). The smallest absolute Gasteiger partial charge is 0.253 e. The number of ketones is 2. The van der Waals surface area contributed by atoms with Crippen molar-refractivity contribution < 1.29 is 19.4 Å². The van der Waals surface area contributed by atoms with Gasteiger partial charge in [-0.2, -0.15) is 0 Å². The first-order chi connectivity index (χ1) is 7.50. The monoisotopic (exact) mass is 220 g/mol. The summed E-state index contributed by atoms with van der Waals surface area (Å²) < 4.78 is 5.38. The lowest BCUT2D eigenvalue weighted by Crippen LogP contribution is -2.51. The Morgan fingerprint density at radius 3 is 2.31 bits per heavy atom. The summed E-state index contributed by atoms with van der Waals surface area (Å²) in [5, 5.41) is 10.1. The van der Waals surface area contributed by atoms with Crippen molar-refractivity contribution in [3.05, 3.63) is 29.8 Å². The molecule has 1 N–H and O–H groups in total. The Hall–Kier alpha value is -1.68. The predicted octanol–water partition coefficient (Wildman–Crippen LogP) is 1.03. The molecule has 1 aliphatic heterocycles. The van der Waals surface area contributed by atoms with Crippen molar-refractivity contribution in [2.45, 2.75) is 25.6 Å². The third kappa shape index (κ3) is 1.20. The standard InChI is InChI=1S/C12H12O4/c1-7(13)12(8(2)14)11(15)9-5-3-4-6-10(9)16-12/h3-6,11,15H,1-2H3. The minimum atomic E-state index is -1.76. The molecule has 0 bridgehead atoms. The van der Waals surface area contributed by atoms with Gasteiger partial charge in [-0.25, -0.2) is 0 Å². The van der Waals surface area contributed by atoms with E-state index in [4.69, 9.17) is 4.74 Å². The molecule has 0 saturated carbocycles. The Morgan fingerprint density at radius 2 is 1.81 bits per heavy atom. The van der Waals surface area contributed by atoms with Crippen LogP contribution in [0.1, 0.15) is 25.5 Å². The number of carbonyl (C=O) groups excluding carboxylic acids is 2. The molecule has 1 aromatic carbocycles. The van der Waals surface area contributed by atoms with Crippen LogP contribution in [-0.2, 0) is 9.59 Å². The molecule has 0 amide bonds. The predicted molar refractivity (Wildman–Crippen MR) is 56.1 cm³/mol. The third-order valence-electron chi connectivity index (χ3n) is 2.92. The first-order valence-corrected chi connectivity index (χ1v) is 4.98. The molecule has 1 aliphatic rings. The molecule has 16 heavy (non-hydrogen) atoms. The second-order valence-electron chi connectivity index (χ2n) is 3.89. The average Bonchev–Trinajstić information content (AvgIpc) is 2.54. The van der Waals surface area contributed by atoms with Gasteiger partial charge in [0.2, 0.25) is 0 Å². The zero-order valence-corrected chi connectivity index (χ0v) is 9.06. The van der Waals surface area contributed by atoms with Crippen LogP contribution in [0.25, 0.3) is 0 Å². The maximum Gasteiger partial charge on any atom is 0.253 e. The van der Waals surface area contributed by atoms with Gasteiger partial charge >= 0.3 is 0 Å². The number of hydrogen-bond donors (Lipinski definition) is 1. The largest absolute Gasteiger partial charge is 0.468 e. The van der Waals surface area contributed by atoms with Crippen LogP contribution in [0.3, 0.4) is 0 Å². The highest BCUT2D eigenvalue weighted by molar-refractivity contribution is 6.10. The average molecular weight is 220 g/mol. The van der Waals surface area contributed by atoms with Crippen LogP contribution in [-0.4, -0.2) is 22.3 Å². The Bertz CT molecular complexity index is 450. The first kappa shape index (κ1) is 10.8. The second-order valence-corrected chi connectivity index (χ2v) is 3.89. The summed E-state index contributed by atoms with van der Waals surface area (Å²) >= 11 is 0. The molecule has 84 valence electrons. The number of aliphatic hydroxyl groups is 1. The van der Waals surface area contributed by atoms with Crippen LogP contribution in [0.2, 0.25) is 0 Å². The molecule has 0 saturated heterocycles. The van der Waals surface area contributed by atoms with E-state index in [9.17, 15) is 14.7 Å². The van der Waals surface area contributed by atoms with Crippen molar-refractivity contribution in [1.82, 2.24) is 0 Å². The van der Waals surface area contributed by atoms with Gasteiger partial charge in [0.1, 0.15) is 11.9 Å². The van der Waals surface area contributed by atoms with Gasteiger partial charge in [-0.1, -0.05) is 18.2 Å². The Labute approximate surface area is 92.8 Å². The highest BCUT2D eigenvalue weighted by Gasteiger charge is 2.55. The van der Waals surface area contributed by atoms with E-state index in [0.717, 1.165) is 0 Å². The van der Waals surface area contributed by atoms with Crippen molar-refractivity contribution >= 4 is 11.6 Å². The zero-order valence-electron chi connectivity index (χ0n) is 9.06. The summed E-state index contributed by atoms with van der Waals surface area (Å²) in [5.41, 5.74) is -1.28. The molecule has 0 aromatic heterocycles. The SMILES string of the molecule is CC(=O)C1(C(C)=O)Oc2ccccc2C1O. The Morgan fingerprint density at radius 1 is 1.25 bits per heavy atom. The van der Waals surface area contributed by atoms with E-state index < -0.39 is 23.3 Å². The third-order valence-corrected chi connectivity index (χ3v) is 2.92. The fourth-order valence-corrected chi connectivity index (χ4v) is 2.02. The normalized spacial score (nSPS) is 21.1. The van der Waals surface area contributed by atoms with Gasteiger partial charge in [0.25, 0.3) is 5.60 Å². The molecule has 1 heterocycles. The molecule has 0 spiro atoms. The fourth-order valence-electron chi connectivity index (χ4n) is 2.02. The number of fused-ring (bicyclic) bond motifs is 1. The maximum absolute atomic E-state index is 11.6. The van der Waals surface area contributed by atoms with Crippen molar-refractivity contribution in [1.29, 1.82) is 0 Å². The van der Waals surface area contributed by atoms with Gasteiger partial charge < -0.3 is 9.84 Å². The van der Waals surface area contributed by atoms with Gasteiger partial charge in [0.05, 0.1) is 0 Å². The summed E-state index contributed by atoms with van der Waals surface area (Å²) in [7, 11) is 0. The molecule has 0 fully saturated rings. The number of benzene rings is 1. The highest BCUT2D eigenvalue weighted by atomic mass is 16.5. The van der Waals surface area contributed by atoms with Crippen LogP contribution >= 0.6 is 0 Å².